The first-order valence-electron chi connectivity index (χ1n) is 8.10. The summed E-state index contributed by atoms with van der Waals surface area (Å²) in [5.74, 6) is 4.62. The SMILES string of the molecule is c1cc2c(cc1SCc1nc(-c3ccc4c(c3)OCO4)no1)OCCO2. The molecular formula is C18H14N2O5S. The summed E-state index contributed by atoms with van der Waals surface area (Å²) >= 11 is 1.60. The summed E-state index contributed by atoms with van der Waals surface area (Å²) in [6, 6.07) is 11.5. The van der Waals surface area contributed by atoms with Gasteiger partial charge in [0.05, 0.1) is 5.75 Å². The maximum atomic E-state index is 5.60. The van der Waals surface area contributed by atoms with Gasteiger partial charge in [-0.3, -0.25) is 0 Å². The summed E-state index contributed by atoms with van der Waals surface area (Å²) in [6.45, 7) is 1.40. The van der Waals surface area contributed by atoms with Crippen molar-refractivity contribution in [1.29, 1.82) is 0 Å². The van der Waals surface area contributed by atoms with E-state index in [-0.39, 0.29) is 6.79 Å². The molecule has 0 aliphatic carbocycles. The van der Waals surface area contributed by atoms with Crippen LogP contribution in [0.5, 0.6) is 23.0 Å². The van der Waals surface area contributed by atoms with Gasteiger partial charge in [-0.05, 0) is 36.4 Å². The standard InChI is InChI=1S/C18H14N2O5S/c1-3-14-15(24-10-23-14)7-11(1)18-19-17(25-20-18)9-26-12-2-4-13-16(8-12)22-6-5-21-13/h1-4,7-8H,5-6,9-10H2. The summed E-state index contributed by atoms with van der Waals surface area (Å²) in [6.07, 6.45) is 0. The van der Waals surface area contributed by atoms with E-state index in [1.807, 2.05) is 36.4 Å². The van der Waals surface area contributed by atoms with E-state index in [2.05, 4.69) is 10.1 Å². The van der Waals surface area contributed by atoms with E-state index in [9.17, 15) is 0 Å². The molecule has 0 unspecified atom stereocenters. The lowest BCUT2D eigenvalue weighted by Gasteiger charge is -2.18. The van der Waals surface area contributed by atoms with Crippen LogP contribution >= 0.6 is 11.8 Å². The quantitative estimate of drug-likeness (QED) is 0.646. The molecule has 8 heteroatoms. The molecule has 0 radical (unpaired) electrons. The Morgan fingerprint density at radius 3 is 2.58 bits per heavy atom. The van der Waals surface area contributed by atoms with Gasteiger partial charge in [-0.25, -0.2) is 0 Å². The Hall–Kier alpha value is -2.87. The van der Waals surface area contributed by atoms with Crippen LogP contribution in [0.4, 0.5) is 0 Å². The Kier molecular flexibility index (Phi) is 3.82. The van der Waals surface area contributed by atoms with Crippen LogP contribution < -0.4 is 18.9 Å². The summed E-state index contributed by atoms with van der Waals surface area (Å²) in [5, 5.41) is 4.05. The minimum atomic E-state index is 0.239. The maximum absolute atomic E-state index is 5.60. The van der Waals surface area contributed by atoms with Gasteiger partial charge in [0.1, 0.15) is 13.2 Å². The monoisotopic (exact) mass is 370 g/mol. The van der Waals surface area contributed by atoms with E-state index < -0.39 is 0 Å². The Bertz CT molecular complexity index is 959. The first kappa shape index (κ1) is 15.4. The van der Waals surface area contributed by atoms with Gasteiger partial charge >= 0.3 is 0 Å². The zero-order valence-electron chi connectivity index (χ0n) is 13.6. The van der Waals surface area contributed by atoms with Gasteiger partial charge in [0.25, 0.3) is 0 Å². The highest BCUT2D eigenvalue weighted by molar-refractivity contribution is 7.98. The van der Waals surface area contributed by atoms with Crippen molar-refractivity contribution in [2.75, 3.05) is 20.0 Å². The van der Waals surface area contributed by atoms with E-state index in [0.717, 1.165) is 27.7 Å². The van der Waals surface area contributed by atoms with Crippen LogP contribution in [0.3, 0.4) is 0 Å². The Balaban J connectivity index is 1.29. The number of hydrogen-bond acceptors (Lipinski definition) is 8. The largest absolute Gasteiger partial charge is 0.486 e. The van der Waals surface area contributed by atoms with E-state index in [4.69, 9.17) is 23.5 Å². The van der Waals surface area contributed by atoms with Gasteiger partial charge in [0.2, 0.25) is 18.5 Å². The molecule has 0 saturated heterocycles. The summed E-state index contributed by atoms with van der Waals surface area (Å²) in [5.41, 5.74) is 0.827. The first-order valence-corrected chi connectivity index (χ1v) is 9.09. The molecule has 3 heterocycles. The molecule has 1 aromatic heterocycles. The molecule has 5 rings (SSSR count). The third kappa shape index (κ3) is 2.92. The molecular weight excluding hydrogens is 356 g/mol. The Morgan fingerprint density at radius 1 is 0.846 bits per heavy atom. The first-order chi connectivity index (χ1) is 12.8. The van der Waals surface area contributed by atoms with Crippen LogP contribution in [0.2, 0.25) is 0 Å². The molecule has 3 aromatic rings. The number of hydrogen-bond donors (Lipinski definition) is 0. The van der Waals surface area contributed by atoms with Gasteiger partial charge in [-0.15, -0.1) is 11.8 Å². The van der Waals surface area contributed by atoms with Gasteiger partial charge in [0.15, 0.2) is 23.0 Å². The topological polar surface area (TPSA) is 75.8 Å². The molecule has 0 N–H and O–H groups in total. The van der Waals surface area contributed by atoms with Crippen LogP contribution in [-0.4, -0.2) is 30.1 Å². The van der Waals surface area contributed by atoms with Gasteiger partial charge in [0, 0.05) is 10.5 Å². The van der Waals surface area contributed by atoms with Crippen LogP contribution in [0.1, 0.15) is 5.89 Å². The molecule has 0 atom stereocenters. The fourth-order valence-corrected chi connectivity index (χ4v) is 3.49. The number of aromatic nitrogens is 2. The van der Waals surface area contributed by atoms with Crippen molar-refractivity contribution in [3.05, 3.63) is 42.3 Å². The third-order valence-corrected chi connectivity index (χ3v) is 4.95. The van der Waals surface area contributed by atoms with Crippen molar-refractivity contribution < 1.29 is 23.5 Å². The third-order valence-electron chi connectivity index (χ3n) is 3.97. The lowest BCUT2D eigenvalue weighted by molar-refractivity contribution is 0.171. The van der Waals surface area contributed by atoms with Crippen LogP contribution in [0.15, 0.2) is 45.8 Å². The second-order valence-electron chi connectivity index (χ2n) is 5.67. The molecule has 132 valence electrons. The number of ether oxygens (including phenoxy) is 4. The lowest BCUT2D eigenvalue weighted by Crippen LogP contribution is -2.15. The zero-order chi connectivity index (χ0) is 17.3. The molecule has 2 aliphatic heterocycles. The summed E-state index contributed by atoms with van der Waals surface area (Å²) in [7, 11) is 0. The molecule has 0 bridgehead atoms. The summed E-state index contributed by atoms with van der Waals surface area (Å²) in [4.78, 5) is 5.51. The maximum Gasteiger partial charge on any atom is 0.237 e. The molecule has 26 heavy (non-hydrogen) atoms. The second-order valence-corrected chi connectivity index (χ2v) is 6.72. The number of nitrogens with zero attached hydrogens (tertiary/aromatic N) is 2. The fourth-order valence-electron chi connectivity index (χ4n) is 2.72. The highest BCUT2D eigenvalue weighted by atomic mass is 32.2. The highest BCUT2D eigenvalue weighted by Gasteiger charge is 2.17. The van der Waals surface area contributed by atoms with Crippen LogP contribution in [0, 0.1) is 0 Å². The van der Waals surface area contributed by atoms with Crippen molar-refractivity contribution in [2.24, 2.45) is 0 Å². The average molecular weight is 370 g/mol. The van der Waals surface area contributed by atoms with Crippen molar-refractivity contribution in [3.8, 4) is 34.4 Å². The van der Waals surface area contributed by atoms with Crippen LogP contribution in [0.25, 0.3) is 11.4 Å². The van der Waals surface area contributed by atoms with E-state index in [1.54, 1.807) is 11.8 Å². The number of benzene rings is 2. The van der Waals surface area contributed by atoms with Crippen molar-refractivity contribution in [3.63, 3.8) is 0 Å². The Labute approximate surface area is 153 Å². The van der Waals surface area contributed by atoms with Crippen molar-refractivity contribution in [1.82, 2.24) is 10.1 Å². The van der Waals surface area contributed by atoms with E-state index in [1.165, 1.54) is 0 Å². The van der Waals surface area contributed by atoms with E-state index in [0.29, 0.717) is 36.4 Å². The number of fused-ring (bicyclic) bond motifs is 2. The Morgan fingerprint density at radius 2 is 1.62 bits per heavy atom. The van der Waals surface area contributed by atoms with Crippen LogP contribution in [-0.2, 0) is 5.75 Å². The highest BCUT2D eigenvalue weighted by Crippen LogP contribution is 2.36. The molecule has 0 amide bonds. The van der Waals surface area contributed by atoms with Gasteiger partial charge in [-0.2, -0.15) is 4.98 Å². The van der Waals surface area contributed by atoms with Crippen molar-refractivity contribution in [2.45, 2.75) is 10.6 Å². The fraction of sp³-hybridized carbons (Fsp3) is 0.222. The summed E-state index contributed by atoms with van der Waals surface area (Å²) < 4.78 is 27.2. The molecule has 0 saturated carbocycles. The smallest absolute Gasteiger partial charge is 0.237 e. The number of thioether (sulfide) groups is 1. The van der Waals surface area contributed by atoms with E-state index >= 15 is 0 Å². The second kappa shape index (κ2) is 6.45. The molecule has 2 aromatic carbocycles. The normalized spacial score (nSPS) is 14.5. The predicted octanol–water partition coefficient (Wildman–Crippen LogP) is 3.53. The van der Waals surface area contributed by atoms with Gasteiger partial charge in [-0.1, -0.05) is 5.16 Å². The molecule has 2 aliphatic rings. The molecule has 7 nitrogen and oxygen atoms in total. The lowest BCUT2D eigenvalue weighted by atomic mass is 10.2. The minimum absolute atomic E-state index is 0.239. The zero-order valence-corrected chi connectivity index (χ0v) is 14.5. The molecule has 0 spiro atoms. The predicted molar refractivity (Wildman–Crippen MR) is 92.9 cm³/mol. The molecule has 0 fully saturated rings. The van der Waals surface area contributed by atoms with Crippen molar-refractivity contribution >= 4 is 11.8 Å². The minimum Gasteiger partial charge on any atom is -0.486 e. The van der Waals surface area contributed by atoms with Gasteiger partial charge < -0.3 is 23.5 Å². The number of rotatable bonds is 4. The average Bonchev–Trinajstić information content (AvgIpc) is 3.35.